The van der Waals surface area contributed by atoms with Gasteiger partial charge in [0.25, 0.3) is 0 Å². The Morgan fingerprint density at radius 2 is 1.94 bits per heavy atom. The molecule has 0 saturated heterocycles. The van der Waals surface area contributed by atoms with Crippen molar-refractivity contribution in [2.75, 3.05) is 0 Å². The zero-order valence-electron chi connectivity index (χ0n) is 9.25. The minimum absolute atomic E-state index is 0.182. The molecule has 0 amide bonds. The molecule has 1 heterocycles. The van der Waals surface area contributed by atoms with Crippen LogP contribution >= 0.6 is 0 Å². The summed E-state index contributed by atoms with van der Waals surface area (Å²) in [6.45, 7) is 2.09. The molecule has 2 rings (SSSR count). The first-order valence-electron chi connectivity index (χ1n) is 5.34. The van der Waals surface area contributed by atoms with Crippen LogP contribution in [-0.4, -0.2) is 11.2 Å². The van der Waals surface area contributed by atoms with E-state index in [-0.39, 0.29) is 6.04 Å². The van der Waals surface area contributed by atoms with E-state index >= 15 is 0 Å². The maximum Gasteiger partial charge on any atom is 0.0721 e. The van der Waals surface area contributed by atoms with Gasteiger partial charge in [-0.2, -0.15) is 0 Å². The average Bonchev–Trinajstić information content (AvgIpc) is 2.38. The Bertz CT molecular complexity index is 449. The summed E-state index contributed by atoms with van der Waals surface area (Å²) >= 11 is 0. The third kappa shape index (κ3) is 2.76. The fraction of sp³-hybridized carbons (Fsp3) is 0.143. The zero-order chi connectivity index (χ0) is 11.2. The Labute approximate surface area is 95.7 Å². The fourth-order valence-electron chi connectivity index (χ4n) is 1.47. The second kappa shape index (κ2) is 5.21. The zero-order valence-corrected chi connectivity index (χ0v) is 9.25. The Kier molecular flexibility index (Phi) is 3.44. The topological polar surface area (TPSA) is 25.2 Å². The van der Waals surface area contributed by atoms with Gasteiger partial charge in [0, 0.05) is 24.2 Å². The Morgan fingerprint density at radius 3 is 2.62 bits per heavy atom. The minimum atomic E-state index is 0.182. The van der Waals surface area contributed by atoms with Gasteiger partial charge in [0.15, 0.2) is 0 Å². The molecule has 0 aliphatic carbocycles. The van der Waals surface area contributed by atoms with Crippen molar-refractivity contribution in [2.24, 2.45) is 4.99 Å². The third-order valence-electron chi connectivity index (χ3n) is 2.41. The Balaban J connectivity index is 2.08. The number of aromatic nitrogens is 1. The van der Waals surface area contributed by atoms with Gasteiger partial charge in [-0.3, -0.25) is 9.98 Å². The van der Waals surface area contributed by atoms with E-state index in [1.54, 1.807) is 12.4 Å². The molecule has 0 aliphatic heterocycles. The predicted molar refractivity (Wildman–Crippen MR) is 66.7 cm³/mol. The second-order valence-corrected chi connectivity index (χ2v) is 3.65. The number of aliphatic imine (C=N–C) groups is 1. The molecule has 0 aliphatic rings. The van der Waals surface area contributed by atoms with Crippen molar-refractivity contribution >= 4 is 6.21 Å². The van der Waals surface area contributed by atoms with Crippen molar-refractivity contribution in [1.82, 2.24) is 4.98 Å². The monoisotopic (exact) mass is 210 g/mol. The highest BCUT2D eigenvalue weighted by molar-refractivity contribution is 5.79. The summed E-state index contributed by atoms with van der Waals surface area (Å²) in [5, 5.41) is 0. The third-order valence-corrected chi connectivity index (χ3v) is 2.41. The molecule has 16 heavy (non-hydrogen) atoms. The van der Waals surface area contributed by atoms with Gasteiger partial charge in [-0.15, -0.1) is 0 Å². The Hall–Kier alpha value is -1.96. The van der Waals surface area contributed by atoms with Gasteiger partial charge in [0.2, 0.25) is 0 Å². The van der Waals surface area contributed by atoms with E-state index in [0.29, 0.717) is 0 Å². The van der Waals surface area contributed by atoms with Crippen molar-refractivity contribution < 1.29 is 0 Å². The summed E-state index contributed by atoms with van der Waals surface area (Å²) in [6.07, 6.45) is 5.43. The molecule has 0 saturated carbocycles. The number of rotatable bonds is 3. The van der Waals surface area contributed by atoms with Crippen LogP contribution in [0, 0.1) is 0 Å². The molecule has 0 fully saturated rings. The quantitative estimate of drug-likeness (QED) is 0.714. The summed E-state index contributed by atoms with van der Waals surface area (Å²) in [5.74, 6) is 0. The molecule has 2 aromatic rings. The standard InChI is InChI=1S/C14H14N2/c1-12(14-7-3-2-4-8-14)16-11-13-6-5-9-15-10-13/h2-12H,1H3/t12-/m0/s1. The molecule has 0 spiro atoms. The van der Waals surface area contributed by atoms with Gasteiger partial charge in [0.05, 0.1) is 6.04 Å². The lowest BCUT2D eigenvalue weighted by Crippen LogP contribution is -1.90. The summed E-state index contributed by atoms with van der Waals surface area (Å²) in [4.78, 5) is 8.54. The highest BCUT2D eigenvalue weighted by Crippen LogP contribution is 2.15. The van der Waals surface area contributed by atoms with Crippen molar-refractivity contribution in [2.45, 2.75) is 13.0 Å². The SMILES string of the molecule is C[C@H](N=Cc1cccnc1)c1ccccc1. The van der Waals surface area contributed by atoms with Gasteiger partial charge in [-0.05, 0) is 18.6 Å². The predicted octanol–water partition coefficient (Wildman–Crippen LogP) is 3.26. The van der Waals surface area contributed by atoms with Gasteiger partial charge in [-0.1, -0.05) is 36.4 Å². The molecule has 0 unspecified atom stereocenters. The highest BCUT2D eigenvalue weighted by atomic mass is 14.8. The molecule has 1 aromatic heterocycles. The first-order chi connectivity index (χ1) is 7.86. The Morgan fingerprint density at radius 1 is 1.12 bits per heavy atom. The molecule has 0 N–H and O–H groups in total. The summed E-state index contributed by atoms with van der Waals surface area (Å²) in [7, 11) is 0. The second-order valence-electron chi connectivity index (χ2n) is 3.65. The lowest BCUT2D eigenvalue weighted by atomic mass is 10.1. The first kappa shape index (κ1) is 10.6. The number of hydrogen-bond donors (Lipinski definition) is 0. The van der Waals surface area contributed by atoms with Crippen LogP contribution in [-0.2, 0) is 0 Å². The number of nitrogens with zero attached hydrogens (tertiary/aromatic N) is 2. The maximum absolute atomic E-state index is 4.50. The van der Waals surface area contributed by atoms with Crippen molar-refractivity contribution in [3.8, 4) is 0 Å². The van der Waals surface area contributed by atoms with E-state index < -0.39 is 0 Å². The lowest BCUT2D eigenvalue weighted by Gasteiger charge is -2.05. The van der Waals surface area contributed by atoms with E-state index in [1.807, 2.05) is 36.5 Å². The van der Waals surface area contributed by atoms with E-state index in [0.717, 1.165) is 5.56 Å². The van der Waals surface area contributed by atoms with Crippen LogP contribution in [0.3, 0.4) is 0 Å². The molecule has 2 heteroatoms. The summed E-state index contributed by atoms with van der Waals surface area (Å²) in [6, 6.07) is 14.3. The average molecular weight is 210 g/mol. The van der Waals surface area contributed by atoms with Gasteiger partial charge < -0.3 is 0 Å². The lowest BCUT2D eigenvalue weighted by molar-refractivity contribution is 0.825. The number of pyridine rings is 1. The van der Waals surface area contributed by atoms with Crippen LogP contribution < -0.4 is 0 Å². The first-order valence-corrected chi connectivity index (χ1v) is 5.34. The van der Waals surface area contributed by atoms with E-state index in [1.165, 1.54) is 5.56 Å². The van der Waals surface area contributed by atoms with Crippen LogP contribution in [0.1, 0.15) is 24.1 Å². The summed E-state index contributed by atoms with van der Waals surface area (Å²) in [5.41, 5.74) is 2.26. The van der Waals surface area contributed by atoms with Gasteiger partial charge in [0.1, 0.15) is 0 Å². The van der Waals surface area contributed by atoms with Crippen LogP contribution in [0.5, 0.6) is 0 Å². The highest BCUT2D eigenvalue weighted by Gasteiger charge is 1.99. The van der Waals surface area contributed by atoms with E-state index in [9.17, 15) is 0 Å². The minimum Gasteiger partial charge on any atom is -0.285 e. The van der Waals surface area contributed by atoms with Crippen LogP contribution in [0.2, 0.25) is 0 Å². The maximum atomic E-state index is 4.50. The molecule has 1 atom stereocenters. The fourth-order valence-corrected chi connectivity index (χ4v) is 1.47. The molecule has 1 aromatic carbocycles. The van der Waals surface area contributed by atoms with Crippen LogP contribution in [0.25, 0.3) is 0 Å². The van der Waals surface area contributed by atoms with Gasteiger partial charge >= 0.3 is 0 Å². The van der Waals surface area contributed by atoms with Crippen molar-refractivity contribution in [3.63, 3.8) is 0 Å². The molecule has 0 bridgehead atoms. The smallest absolute Gasteiger partial charge is 0.0721 e. The van der Waals surface area contributed by atoms with Crippen LogP contribution in [0.15, 0.2) is 59.9 Å². The summed E-state index contributed by atoms with van der Waals surface area (Å²) < 4.78 is 0. The van der Waals surface area contributed by atoms with E-state index in [4.69, 9.17) is 0 Å². The molecule has 2 nitrogen and oxygen atoms in total. The van der Waals surface area contributed by atoms with E-state index in [2.05, 4.69) is 29.0 Å². The molecular weight excluding hydrogens is 196 g/mol. The largest absolute Gasteiger partial charge is 0.285 e. The molecule has 0 radical (unpaired) electrons. The van der Waals surface area contributed by atoms with Crippen LogP contribution in [0.4, 0.5) is 0 Å². The van der Waals surface area contributed by atoms with Gasteiger partial charge in [-0.25, -0.2) is 0 Å². The molecule has 80 valence electrons. The number of hydrogen-bond acceptors (Lipinski definition) is 2. The van der Waals surface area contributed by atoms with Crippen molar-refractivity contribution in [1.29, 1.82) is 0 Å². The normalized spacial score (nSPS) is 12.8. The molecular formula is C14H14N2. The van der Waals surface area contributed by atoms with Crippen molar-refractivity contribution in [3.05, 3.63) is 66.0 Å². The number of benzene rings is 1.